The number of alkyl halides is 9. The lowest BCUT2D eigenvalue weighted by atomic mass is 10.1. The molecular formula is C38H21BrF11N11O3. The summed E-state index contributed by atoms with van der Waals surface area (Å²) >= 11 is 2.77. The van der Waals surface area contributed by atoms with Crippen molar-refractivity contribution >= 4 is 33.5 Å². The van der Waals surface area contributed by atoms with Gasteiger partial charge in [0.2, 0.25) is 0 Å². The fourth-order valence-electron chi connectivity index (χ4n) is 4.97. The average Bonchev–Trinajstić information content (AvgIpc) is 3.82. The van der Waals surface area contributed by atoms with Gasteiger partial charge < -0.3 is 10.1 Å². The highest BCUT2D eigenvalue weighted by molar-refractivity contribution is 9.10. The van der Waals surface area contributed by atoms with Crippen molar-refractivity contribution in [2.24, 2.45) is 14.1 Å². The molecule has 330 valence electrons. The summed E-state index contributed by atoms with van der Waals surface area (Å²) in [6.45, 7) is 0. The van der Waals surface area contributed by atoms with Crippen LogP contribution in [-0.4, -0.2) is 53.5 Å². The number of pyridine rings is 3. The molecule has 0 unspecified atom stereocenters. The minimum Gasteiger partial charge on any atom is -0.464 e. The van der Waals surface area contributed by atoms with Crippen LogP contribution in [-0.2, 0) is 37.4 Å². The van der Waals surface area contributed by atoms with Crippen LogP contribution in [0.1, 0.15) is 54.7 Å². The number of esters is 1. The number of anilines is 1. The Hall–Kier alpha value is -7.79. The molecule has 0 saturated carbocycles. The van der Waals surface area contributed by atoms with Crippen LogP contribution in [0.3, 0.4) is 0 Å². The molecule has 1 aromatic carbocycles. The van der Waals surface area contributed by atoms with Crippen LogP contribution in [0.25, 0.3) is 22.8 Å². The fraction of sp³-hybridized carbons (Fsp3) is 0.158. The molecule has 0 fully saturated rings. The second kappa shape index (κ2) is 19.5. The highest BCUT2D eigenvalue weighted by Gasteiger charge is 2.35. The van der Waals surface area contributed by atoms with Crippen molar-refractivity contribution in [2.45, 2.75) is 18.5 Å². The Bertz CT molecular complexity index is 2850. The Morgan fingerprint density at radius 2 is 1.03 bits per heavy atom. The van der Waals surface area contributed by atoms with E-state index in [1.165, 1.54) is 20.2 Å². The van der Waals surface area contributed by atoms with E-state index >= 15 is 0 Å². The SMILES string of the molecule is COC(=O)c1cc(-c2nc(C(F)(F)F)ccc2C#N)n(C)n1.Cn1nc(C(=O)Nc2c(F)cccc2F)cc1-c1nc(C(F)(F)F)ccc1C#N.N#Cc1ccc(C(F)(F)F)nc1Br. The molecule has 5 heterocycles. The minimum absolute atomic E-state index is 0.0626. The largest absolute Gasteiger partial charge is 0.464 e. The number of hydrogen-bond donors (Lipinski definition) is 1. The summed E-state index contributed by atoms with van der Waals surface area (Å²) in [7, 11) is 3.89. The van der Waals surface area contributed by atoms with Gasteiger partial charge in [-0.05, 0) is 70.5 Å². The van der Waals surface area contributed by atoms with Crippen LogP contribution >= 0.6 is 15.9 Å². The Labute approximate surface area is 359 Å². The molecule has 6 rings (SSSR count). The van der Waals surface area contributed by atoms with Gasteiger partial charge in [-0.3, -0.25) is 14.2 Å². The molecule has 0 spiro atoms. The molecule has 0 aliphatic rings. The Kier molecular flexibility index (Phi) is 14.9. The molecule has 0 radical (unpaired) electrons. The summed E-state index contributed by atoms with van der Waals surface area (Å²) in [6, 6.07) is 15.7. The second-order valence-electron chi connectivity index (χ2n) is 12.2. The first-order chi connectivity index (χ1) is 29.8. The van der Waals surface area contributed by atoms with E-state index in [9.17, 15) is 63.1 Å². The van der Waals surface area contributed by atoms with Crippen LogP contribution in [0.5, 0.6) is 0 Å². The normalized spacial score (nSPS) is 11.1. The van der Waals surface area contributed by atoms with Crippen LogP contribution in [0.2, 0.25) is 0 Å². The van der Waals surface area contributed by atoms with Crippen molar-refractivity contribution in [3.05, 3.63) is 128 Å². The maximum atomic E-state index is 13.7. The quantitative estimate of drug-likeness (QED) is 0.0983. The van der Waals surface area contributed by atoms with Crippen molar-refractivity contribution in [1.29, 1.82) is 15.8 Å². The van der Waals surface area contributed by atoms with E-state index in [2.05, 4.69) is 45.8 Å². The second-order valence-corrected chi connectivity index (χ2v) is 12.9. The molecule has 0 saturated heterocycles. The van der Waals surface area contributed by atoms with E-state index in [1.807, 2.05) is 5.32 Å². The number of nitrogens with zero attached hydrogens (tertiary/aromatic N) is 10. The Morgan fingerprint density at radius 1 is 0.641 bits per heavy atom. The van der Waals surface area contributed by atoms with E-state index in [0.29, 0.717) is 6.07 Å². The molecule has 0 bridgehead atoms. The Morgan fingerprint density at radius 3 is 1.42 bits per heavy atom. The zero-order valence-corrected chi connectivity index (χ0v) is 33.7. The van der Waals surface area contributed by atoms with Gasteiger partial charge >= 0.3 is 24.5 Å². The van der Waals surface area contributed by atoms with E-state index in [0.717, 1.165) is 71.1 Å². The molecular weight excluding hydrogens is 947 g/mol. The predicted octanol–water partition coefficient (Wildman–Crippen LogP) is 8.80. The molecule has 64 heavy (non-hydrogen) atoms. The number of aryl methyl sites for hydroxylation is 2. The molecule has 6 aromatic rings. The summed E-state index contributed by atoms with van der Waals surface area (Å²) in [5.74, 6) is -3.77. The molecule has 0 atom stereocenters. The number of amides is 1. The van der Waals surface area contributed by atoms with Gasteiger partial charge in [-0.1, -0.05) is 6.07 Å². The predicted molar refractivity (Wildman–Crippen MR) is 200 cm³/mol. The van der Waals surface area contributed by atoms with Crippen LogP contribution in [0, 0.1) is 45.6 Å². The first-order valence-electron chi connectivity index (χ1n) is 16.9. The van der Waals surface area contributed by atoms with Gasteiger partial charge in [0.15, 0.2) is 11.4 Å². The number of carbonyl (C=O) groups excluding carboxylic acids is 2. The maximum Gasteiger partial charge on any atom is 0.433 e. The fourth-order valence-corrected chi connectivity index (χ4v) is 5.38. The summed E-state index contributed by atoms with van der Waals surface area (Å²) in [5, 5.41) is 36.3. The molecule has 26 heteroatoms. The van der Waals surface area contributed by atoms with Crippen molar-refractivity contribution in [1.82, 2.24) is 34.5 Å². The highest BCUT2D eigenvalue weighted by Crippen LogP contribution is 2.33. The van der Waals surface area contributed by atoms with E-state index < -0.39 is 64.8 Å². The third-order valence-electron chi connectivity index (χ3n) is 7.95. The van der Waals surface area contributed by atoms with Crippen LogP contribution in [0.15, 0.2) is 71.3 Å². The topological polar surface area (TPSA) is 201 Å². The zero-order valence-electron chi connectivity index (χ0n) is 32.1. The standard InChI is InChI=1S/C18H10F5N5O.C13H9F3N4O2.C7H2BrF3N2/c1-28-13(15-9(8-24)5-6-14(25-15)18(21,22)23)7-12(27-28)17(29)26-16-10(19)3-2-4-11(16)20;1-20-9(5-8(19-20)12(21)22-2)11-7(6-17)3-4-10(18-11)13(14,15)16;8-6-4(3-12)1-2-5(13-6)7(9,10)11/h2-7H,1H3,(H,26,29);3-5H,1-2H3;1-2H. The van der Waals surface area contributed by atoms with Gasteiger partial charge in [0, 0.05) is 20.2 Å². The molecule has 0 aliphatic heterocycles. The number of halogens is 12. The molecule has 0 aliphatic carbocycles. The lowest BCUT2D eigenvalue weighted by Gasteiger charge is -2.09. The van der Waals surface area contributed by atoms with Gasteiger partial charge in [-0.15, -0.1) is 0 Å². The summed E-state index contributed by atoms with van der Waals surface area (Å²) in [4.78, 5) is 33.9. The lowest BCUT2D eigenvalue weighted by Crippen LogP contribution is -2.15. The number of hydrogen-bond acceptors (Lipinski definition) is 11. The number of ether oxygens (including phenoxy) is 1. The lowest BCUT2D eigenvalue weighted by molar-refractivity contribution is -0.142. The van der Waals surface area contributed by atoms with Crippen molar-refractivity contribution in [3.63, 3.8) is 0 Å². The van der Waals surface area contributed by atoms with E-state index in [1.54, 1.807) is 18.2 Å². The number of carbonyl (C=O) groups is 2. The van der Waals surface area contributed by atoms with Crippen molar-refractivity contribution in [2.75, 3.05) is 12.4 Å². The first kappa shape index (κ1) is 48.9. The number of nitriles is 3. The van der Waals surface area contributed by atoms with Gasteiger partial charge in [0.1, 0.15) is 68.6 Å². The van der Waals surface area contributed by atoms with Crippen molar-refractivity contribution in [3.8, 4) is 41.0 Å². The minimum atomic E-state index is -4.75. The van der Waals surface area contributed by atoms with Gasteiger partial charge in [-0.2, -0.15) is 65.5 Å². The maximum absolute atomic E-state index is 13.7. The summed E-state index contributed by atoms with van der Waals surface area (Å²) < 4.78 is 147. The number of nitrogens with one attached hydrogen (secondary N) is 1. The van der Waals surface area contributed by atoms with E-state index in [-0.39, 0.29) is 55.5 Å². The first-order valence-corrected chi connectivity index (χ1v) is 17.7. The summed E-state index contributed by atoms with van der Waals surface area (Å²) in [5.41, 5.74) is -5.18. The number of rotatable bonds is 5. The smallest absolute Gasteiger partial charge is 0.433 e. The van der Waals surface area contributed by atoms with Crippen molar-refractivity contribution < 1.29 is 62.6 Å². The molecule has 14 nitrogen and oxygen atoms in total. The van der Waals surface area contributed by atoms with Gasteiger partial charge in [0.05, 0.1) is 35.2 Å². The van der Waals surface area contributed by atoms with E-state index in [4.69, 9.17) is 10.5 Å². The zero-order chi connectivity index (χ0) is 47.9. The summed E-state index contributed by atoms with van der Waals surface area (Å²) in [6.07, 6.45) is -13.9. The molecule has 1 N–H and O–H groups in total. The third-order valence-corrected chi connectivity index (χ3v) is 8.55. The highest BCUT2D eigenvalue weighted by atomic mass is 79.9. The van der Waals surface area contributed by atoms with Crippen LogP contribution < -0.4 is 5.32 Å². The molecule has 5 aromatic heterocycles. The number of para-hydroxylation sites is 1. The van der Waals surface area contributed by atoms with Crippen LogP contribution in [0.4, 0.5) is 54.0 Å². The van der Waals surface area contributed by atoms with Gasteiger partial charge in [-0.25, -0.2) is 28.5 Å². The number of methoxy groups -OCH3 is 1. The monoisotopic (exact) mass is 967 g/mol. The number of aromatic nitrogens is 7. The average molecular weight is 969 g/mol. The third kappa shape index (κ3) is 11.6. The Balaban J connectivity index is 0.000000226. The number of benzene rings is 1. The molecule has 1 amide bonds. The van der Waals surface area contributed by atoms with Gasteiger partial charge in [0.25, 0.3) is 5.91 Å².